The second-order valence-electron chi connectivity index (χ2n) is 3.69. The summed E-state index contributed by atoms with van der Waals surface area (Å²) in [6, 6.07) is 13.9. The van der Waals surface area contributed by atoms with E-state index < -0.39 is 0 Å². The van der Waals surface area contributed by atoms with Crippen molar-refractivity contribution in [3.8, 4) is 5.75 Å². The lowest BCUT2D eigenvalue weighted by Crippen LogP contribution is -2.11. The lowest BCUT2D eigenvalue weighted by molar-refractivity contribution is 0.102. The molecular formula is C14H12ClNO2. The Morgan fingerprint density at radius 1 is 1.17 bits per heavy atom. The molecule has 0 saturated carbocycles. The Labute approximate surface area is 110 Å². The number of amides is 1. The number of methoxy groups -OCH3 is 1. The van der Waals surface area contributed by atoms with Crippen LogP contribution in [0.3, 0.4) is 0 Å². The molecule has 0 aliphatic heterocycles. The van der Waals surface area contributed by atoms with Crippen molar-refractivity contribution in [2.24, 2.45) is 0 Å². The van der Waals surface area contributed by atoms with Gasteiger partial charge in [0.15, 0.2) is 0 Å². The molecule has 1 N–H and O–H groups in total. The van der Waals surface area contributed by atoms with E-state index >= 15 is 0 Å². The van der Waals surface area contributed by atoms with Gasteiger partial charge in [-0.3, -0.25) is 4.79 Å². The largest absolute Gasteiger partial charge is 0.497 e. The van der Waals surface area contributed by atoms with Crippen LogP contribution in [0.15, 0.2) is 48.5 Å². The van der Waals surface area contributed by atoms with Crippen LogP contribution in [0, 0.1) is 0 Å². The lowest BCUT2D eigenvalue weighted by Gasteiger charge is -2.07. The predicted molar refractivity (Wildman–Crippen MR) is 72.4 cm³/mol. The van der Waals surface area contributed by atoms with Gasteiger partial charge in [0, 0.05) is 22.3 Å². The van der Waals surface area contributed by atoms with E-state index in [1.165, 1.54) is 0 Å². The molecule has 92 valence electrons. The Morgan fingerprint density at radius 3 is 2.56 bits per heavy atom. The first-order valence-electron chi connectivity index (χ1n) is 5.40. The molecule has 0 spiro atoms. The Balaban J connectivity index is 2.13. The lowest BCUT2D eigenvalue weighted by atomic mass is 10.2. The van der Waals surface area contributed by atoms with Crippen LogP contribution in [0.2, 0.25) is 5.02 Å². The fourth-order valence-electron chi connectivity index (χ4n) is 1.51. The number of rotatable bonds is 3. The van der Waals surface area contributed by atoms with Crippen LogP contribution in [0.4, 0.5) is 5.69 Å². The number of hydrogen-bond donors (Lipinski definition) is 1. The SMILES string of the molecule is COc1cccc(NC(=O)c2ccc(Cl)cc2)c1. The fourth-order valence-corrected chi connectivity index (χ4v) is 1.63. The summed E-state index contributed by atoms with van der Waals surface area (Å²) in [5.41, 5.74) is 1.25. The van der Waals surface area contributed by atoms with Crippen molar-refractivity contribution in [1.82, 2.24) is 0 Å². The summed E-state index contributed by atoms with van der Waals surface area (Å²) in [6.45, 7) is 0. The molecule has 18 heavy (non-hydrogen) atoms. The molecule has 0 aliphatic carbocycles. The molecule has 0 saturated heterocycles. The van der Waals surface area contributed by atoms with Crippen LogP contribution in [0.1, 0.15) is 10.4 Å². The fraction of sp³-hybridized carbons (Fsp3) is 0.0714. The molecule has 0 aliphatic rings. The van der Waals surface area contributed by atoms with Crippen LogP contribution in [-0.2, 0) is 0 Å². The summed E-state index contributed by atoms with van der Waals surface area (Å²) < 4.78 is 5.09. The average Bonchev–Trinajstić information content (AvgIpc) is 2.39. The van der Waals surface area contributed by atoms with Gasteiger partial charge in [0.1, 0.15) is 5.75 Å². The highest BCUT2D eigenvalue weighted by atomic mass is 35.5. The van der Waals surface area contributed by atoms with E-state index in [9.17, 15) is 4.79 Å². The zero-order valence-electron chi connectivity index (χ0n) is 9.81. The monoisotopic (exact) mass is 261 g/mol. The van der Waals surface area contributed by atoms with Crippen molar-refractivity contribution >= 4 is 23.2 Å². The summed E-state index contributed by atoms with van der Waals surface area (Å²) in [4.78, 5) is 11.9. The van der Waals surface area contributed by atoms with Crippen LogP contribution in [-0.4, -0.2) is 13.0 Å². The molecule has 3 nitrogen and oxygen atoms in total. The van der Waals surface area contributed by atoms with Gasteiger partial charge in [-0.05, 0) is 36.4 Å². The van der Waals surface area contributed by atoms with E-state index in [1.807, 2.05) is 12.1 Å². The summed E-state index contributed by atoms with van der Waals surface area (Å²) in [5.74, 6) is 0.517. The molecule has 0 fully saturated rings. The van der Waals surface area contributed by atoms with Crippen molar-refractivity contribution in [2.45, 2.75) is 0 Å². The first-order valence-corrected chi connectivity index (χ1v) is 5.78. The smallest absolute Gasteiger partial charge is 0.255 e. The van der Waals surface area contributed by atoms with Crippen molar-refractivity contribution < 1.29 is 9.53 Å². The number of ether oxygens (including phenoxy) is 1. The summed E-state index contributed by atoms with van der Waals surface area (Å²) in [7, 11) is 1.58. The maximum absolute atomic E-state index is 11.9. The standard InChI is InChI=1S/C14H12ClNO2/c1-18-13-4-2-3-12(9-13)16-14(17)10-5-7-11(15)8-6-10/h2-9H,1H3,(H,16,17). The number of benzene rings is 2. The quantitative estimate of drug-likeness (QED) is 0.917. The number of hydrogen-bond acceptors (Lipinski definition) is 2. The Kier molecular flexibility index (Phi) is 3.85. The van der Waals surface area contributed by atoms with Gasteiger partial charge in [-0.2, -0.15) is 0 Å². The van der Waals surface area contributed by atoms with Crippen molar-refractivity contribution in [2.75, 3.05) is 12.4 Å². The normalized spacial score (nSPS) is 9.89. The zero-order valence-corrected chi connectivity index (χ0v) is 10.6. The van der Waals surface area contributed by atoms with Crippen LogP contribution < -0.4 is 10.1 Å². The number of anilines is 1. The molecule has 1 amide bonds. The second-order valence-corrected chi connectivity index (χ2v) is 4.13. The molecule has 0 atom stereocenters. The van der Waals surface area contributed by atoms with Crippen LogP contribution in [0.25, 0.3) is 0 Å². The van der Waals surface area contributed by atoms with Crippen LogP contribution in [0.5, 0.6) is 5.75 Å². The Bertz CT molecular complexity index is 552. The Hall–Kier alpha value is -2.00. The highest BCUT2D eigenvalue weighted by Crippen LogP contribution is 2.18. The van der Waals surface area contributed by atoms with E-state index in [4.69, 9.17) is 16.3 Å². The molecule has 2 aromatic carbocycles. The maximum Gasteiger partial charge on any atom is 0.255 e. The third kappa shape index (κ3) is 3.02. The summed E-state index contributed by atoms with van der Waals surface area (Å²) >= 11 is 5.77. The molecule has 0 radical (unpaired) electrons. The van der Waals surface area contributed by atoms with Crippen molar-refractivity contribution in [3.63, 3.8) is 0 Å². The topological polar surface area (TPSA) is 38.3 Å². The predicted octanol–water partition coefficient (Wildman–Crippen LogP) is 3.60. The van der Waals surface area contributed by atoms with Gasteiger partial charge in [0.25, 0.3) is 5.91 Å². The molecule has 2 rings (SSSR count). The number of nitrogens with one attached hydrogen (secondary N) is 1. The third-order valence-corrected chi connectivity index (χ3v) is 2.69. The van der Waals surface area contributed by atoms with E-state index in [-0.39, 0.29) is 5.91 Å². The van der Waals surface area contributed by atoms with Crippen molar-refractivity contribution in [3.05, 3.63) is 59.1 Å². The van der Waals surface area contributed by atoms with Gasteiger partial charge < -0.3 is 10.1 Å². The summed E-state index contributed by atoms with van der Waals surface area (Å²) in [5, 5.41) is 3.39. The minimum atomic E-state index is -0.181. The Morgan fingerprint density at radius 2 is 1.89 bits per heavy atom. The van der Waals surface area contributed by atoms with Crippen LogP contribution >= 0.6 is 11.6 Å². The number of carbonyl (C=O) groups excluding carboxylic acids is 1. The molecular weight excluding hydrogens is 250 g/mol. The first-order chi connectivity index (χ1) is 8.69. The highest BCUT2D eigenvalue weighted by molar-refractivity contribution is 6.30. The van der Waals surface area contributed by atoms with Gasteiger partial charge in [0.05, 0.1) is 7.11 Å². The first kappa shape index (κ1) is 12.5. The second kappa shape index (κ2) is 5.56. The number of halogens is 1. The van der Waals surface area contributed by atoms with E-state index in [2.05, 4.69) is 5.32 Å². The average molecular weight is 262 g/mol. The molecule has 0 unspecified atom stereocenters. The molecule has 0 bridgehead atoms. The molecule has 0 aromatic heterocycles. The van der Waals surface area contributed by atoms with Gasteiger partial charge in [-0.1, -0.05) is 17.7 Å². The van der Waals surface area contributed by atoms with E-state index in [1.54, 1.807) is 43.5 Å². The summed E-state index contributed by atoms with van der Waals surface area (Å²) in [6.07, 6.45) is 0. The van der Waals surface area contributed by atoms with Gasteiger partial charge in [-0.25, -0.2) is 0 Å². The third-order valence-electron chi connectivity index (χ3n) is 2.43. The molecule has 4 heteroatoms. The van der Waals surface area contributed by atoms with E-state index in [0.29, 0.717) is 22.0 Å². The maximum atomic E-state index is 11.9. The zero-order chi connectivity index (χ0) is 13.0. The number of carbonyl (C=O) groups is 1. The minimum absolute atomic E-state index is 0.181. The van der Waals surface area contributed by atoms with Gasteiger partial charge in [-0.15, -0.1) is 0 Å². The minimum Gasteiger partial charge on any atom is -0.497 e. The highest BCUT2D eigenvalue weighted by Gasteiger charge is 2.06. The van der Waals surface area contributed by atoms with Gasteiger partial charge in [0.2, 0.25) is 0 Å². The molecule has 2 aromatic rings. The molecule has 0 heterocycles. The van der Waals surface area contributed by atoms with E-state index in [0.717, 1.165) is 0 Å². The van der Waals surface area contributed by atoms with Gasteiger partial charge >= 0.3 is 0 Å². The van der Waals surface area contributed by atoms with Crippen molar-refractivity contribution in [1.29, 1.82) is 0 Å².